The molecule has 1 aliphatic rings. The molecule has 0 aliphatic heterocycles. The number of carbonyl (C=O) groups excluding carboxylic acids is 2. The molecule has 0 bridgehead atoms. The van der Waals surface area contributed by atoms with E-state index in [0.717, 1.165) is 22.3 Å². The molecule has 9 nitrogen and oxygen atoms in total. The average molecular weight is 532 g/mol. The van der Waals surface area contributed by atoms with Crippen molar-refractivity contribution in [1.82, 2.24) is 14.5 Å². The number of hydrogen-bond acceptors (Lipinski definition) is 7. The van der Waals surface area contributed by atoms with Gasteiger partial charge < -0.3 is 15.4 Å². The number of amides is 1. The van der Waals surface area contributed by atoms with Gasteiger partial charge in [-0.25, -0.2) is 4.98 Å². The van der Waals surface area contributed by atoms with Gasteiger partial charge in [-0.1, -0.05) is 18.2 Å². The summed E-state index contributed by atoms with van der Waals surface area (Å²) in [5.74, 6) is 0.293. The lowest BCUT2D eigenvalue weighted by Gasteiger charge is -2.21. The van der Waals surface area contributed by atoms with Crippen LogP contribution in [0.15, 0.2) is 90.0 Å². The Kier molecular flexibility index (Phi) is 6.53. The first kappa shape index (κ1) is 25.0. The van der Waals surface area contributed by atoms with Crippen LogP contribution in [0.4, 0.5) is 17.2 Å². The molecule has 1 amide bonds. The maximum Gasteiger partial charge on any atom is 0.268 e. The molecule has 5 aromatic rings. The van der Waals surface area contributed by atoms with Gasteiger partial charge in [0.15, 0.2) is 5.78 Å². The minimum absolute atomic E-state index is 0.0735. The second-order valence-corrected chi connectivity index (χ2v) is 9.42. The number of Topliss-reactive ketones (excluding diaryl/α,β-unsaturated/α-hetero) is 1. The molecule has 3 aromatic heterocycles. The molecule has 6 rings (SSSR count). The number of ketones is 1. The molecule has 2 N–H and O–H groups in total. The van der Waals surface area contributed by atoms with E-state index in [9.17, 15) is 14.4 Å². The Morgan fingerprint density at radius 2 is 1.80 bits per heavy atom. The van der Waals surface area contributed by atoms with Crippen LogP contribution in [0, 0.1) is 0 Å². The van der Waals surface area contributed by atoms with Crippen LogP contribution in [0.25, 0.3) is 16.6 Å². The van der Waals surface area contributed by atoms with Crippen molar-refractivity contribution >= 4 is 39.8 Å². The first-order valence-electron chi connectivity index (χ1n) is 12.9. The fraction of sp³-hybridized carbons (Fsp3) is 0.129. The van der Waals surface area contributed by atoms with Crippen LogP contribution in [0.2, 0.25) is 0 Å². The third-order valence-corrected chi connectivity index (χ3v) is 6.91. The number of fused-ring (bicyclic) bond motifs is 2. The SMILES string of the molecule is COc1ccc2c(Nc3ccc(NC(=O)c4cc5c(n(-c6ccccc6)c4=O)CCCC5=O)nc3)ccnc2c1. The zero-order valence-corrected chi connectivity index (χ0v) is 21.7. The summed E-state index contributed by atoms with van der Waals surface area (Å²) in [6, 6.07) is 21.4. The molecule has 0 radical (unpaired) electrons. The summed E-state index contributed by atoms with van der Waals surface area (Å²) in [7, 11) is 1.61. The molecule has 0 unspecified atom stereocenters. The number of carbonyl (C=O) groups is 2. The highest BCUT2D eigenvalue weighted by atomic mass is 16.5. The van der Waals surface area contributed by atoms with Crippen molar-refractivity contribution < 1.29 is 14.3 Å². The number of aromatic nitrogens is 3. The fourth-order valence-electron chi connectivity index (χ4n) is 4.95. The summed E-state index contributed by atoms with van der Waals surface area (Å²) < 4.78 is 6.77. The van der Waals surface area contributed by atoms with Crippen LogP contribution in [0.5, 0.6) is 5.75 Å². The van der Waals surface area contributed by atoms with Gasteiger partial charge in [0.05, 0.1) is 24.5 Å². The van der Waals surface area contributed by atoms with E-state index < -0.39 is 11.5 Å². The number of methoxy groups -OCH3 is 1. The van der Waals surface area contributed by atoms with Gasteiger partial charge in [0.2, 0.25) is 0 Å². The van der Waals surface area contributed by atoms with Gasteiger partial charge in [0.1, 0.15) is 17.1 Å². The van der Waals surface area contributed by atoms with Gasteiger partial charge in [-0.05, 0) is 61.4 Å². The number of benzene rings is 2. The summed E-state index contributed by atoms with van der Waals surface area (Å²) in [6.07, 6.45) is 4.93. The number of nitrogens with zero attached hydrogens (tertiary/aromatic N) is 3. The molecule has 0 saturated heterocycles. The van der Waals surface area contributed by atoms with Crippen LogP contribution in [0.1, 0.15) is 39.3 Å². The van der Waals surface area contributed by atoms with Crippen molar-refractivity contribution in [3.8, 4) is 11.4 Å². The molecule has 9 heteroatoms. The zero-order chi connectivity index (χ0) is 27.6. The maximum atomic E-state index is 13.5. The van der Waals surface area contributed by atoms with Crippen molar-refractivity contribution in [1.29, 1.82) is 0 Å². The second kappa shape index (κ2) is 10.5. The fourth-order valence-corrected chi connectivity index (χ4v) is 4.95. The molecule has 0 atom stereocenters. The summed E-state index contributed by atoms with van der Waals surface area (Å²) >= 11 is 0. The first-order valence-corrected chi connectivity index (χ1v) is 12.9. The van der Waals surface area contributed by atoms with Gasteiger partial charge in [-0.2, -0.15) is 0 Å². The molecule has 40 heavy (non-hydrogen) atoms. The van der Waals surface area contributed by atoms with Crippen LogP contribution >= 0.6 is 0 Å². The number of ether oxygens (including phenoxy) is 1. The average Bonchev–Trinajstić information content (AvgIpc) is 2.98. The minimum Gasteiger partial charge on any atom is -0.497 e. The Morgan fingerprint density at radius 1 is 0.950 bits per heavy atom. The topological polar surface area (TPSA) is 115 Å². The number of nitrogens with one attached hydrogen (secondary N) is 2. The normalized spacial score (nSPS) is 12.6. The lowest BCUT2D eigenvalue weighted by molar-refractivity contribution is 0.0971. The molecule has 198 valence electrons. The third-order valence-electron chi connectivity index (χ3n) is 6.91. The quantitative estimate of drug-likeness (QED) is 0.305. The van der Waals surface area contributed by atoms with E-state index in [0.29, 0.717) is 41.9 Å². The number of para-hydroxylation sites is 1. The predicted octanol–water partition coefficient (Wildman–Crippen LogP) is 5.30. The molecule has 1 aliphatic carbocycles. The predicted molar refractivity (Wildman–Crippen MR) is 153 cm³/mol. The maximum absolute atomic E-state index is 13.5. The standard InChI is InChI=1S/C31H25N5O4/c1-40-21-11-12-22-25(14-15-32-26(22)16-21)34-19-10-13-29(33-18-19)35-30(38)24-17-23-27(8-5-9-28(23)37)36(31(24)39)20-6-3-2-4-7-20/h2-4,6-7,10-18H,5,8-9H2,1H3,(H,32,34)(H,33,35,38). The smallest absolute Gasteiger partial charge is 0.268 e. The van der Waals surface area contributed by atoms with E-state index >= 15 is 0 Å². The highest BCUT2D eigenvalue weighted by molar-refractivity contribution is 6.06. The van der Waals surface area contributed by atoms with Gasteiger partial charge in [0, 0.05) is 46.7 Å². The van der Waals surface area contributed by atoms with E-state index in [-0.39, 0.29) is 17.2 Å². The molecule has 0 spiro atoms. The lowest BCUT2D eigenvalue weighted by atomic mass is 9.92. The van der Waals surface area contributed by atoms with Gasteiger partial charge in [-0.15, -0.1) is 0 Å². The van der Waals surface area contributed by atoms with Gasteiger partial charge >= 0.3 is 0 Å². The Morgan fingerprint density at radius 3 is 2.58 bits per heavy atom. The van der Waals surface area contributed by atoms with Crippen LogP contribution in [0.3, 0.4) is 0 Å². The number of anilines is 3. The second-order valence-electron chi connectivity index (χ2n) is 9.42. The van der Waals surface area contributed by atoms with Crippen molar-refractivity contribution in [2.24, 2.45) is 0 Å². The number of rotatable bonds is 6. The van der Waals surface area contributed by atoms with E-state index in [2.05, 4.69) is 20.6 Å². The highest BCUT2D eigenvalue weighted by Gasteiger charge is 2.26. The summed E-state index contributed by atoms with van der Waals surface area (Å²) in [4.78, 5) is 48.3. The monoisotopic (exact) mass is 531 g/mol. The van der Waals surface area contributed by atoms with E-state index in [1.54, 1.807) is 43.8 Å². The van der Waals surface area contributed by atoms with Crippen LogP contribution in [-0.2, 0) is 6.42 Å². The minimum atomic E-state index is -0.627. The molecule has 0 saturated carbocycles. The van der Waals surface area contributed by atoms with Crippen molar-refractivity contribution in [3.05, 3.63) is 112 Å². The lowest BCUT2D eigenvalue weighted by Crippen LogP contribution is -2.33. The zero-order valence-electron chi connectivity index (χ0n) is 21.7. The summed E-state index contributed by atoms with van der Waals surface area (Å²) in [5, 5.41) is 6.94. The Hall–Kier alpha value is -5.31. The third kappa shape index (κ3) is 4.69. The van der Waals surface area contributed by atoms with Crippen molar-refractivity contribution in [2.45, 2.75) is 19.3 Å². The largest absolute Gasteiger partial charge is 0.497 e. The number of hydrogen-bond donors (Lipinski definition) is 2. The van der Waals surface area contributed by atoms with Crippen molar-refractivity contribution in [3.63, 3.8) is 0 Å². The first-order chi connectivity index (χ1) is 19.5. The summed E-state index contributed by atoms with van der Waals surface area (Å²) in [6.45, 7) is 0. The molecule has 2 aromatic carbocycles. The van der Waals surface area contributed by atoms with Gasteiger partial charge in [-0.3, -0.25) is 23.9 Å². The van der Waals surface area contributed by atoms with E-state index in [4.69, 9.17) is 4.74 Å². The molecule has 0 fully saturated rings. The Bertz CT molecular complexity index is 1810. The molecular weight excluding hydrogens is 506 g/mol. The number of pyridine rings is 3. The van der Waals surface area contributed by atoms with Crippen molar-refractivity contribution in [2.75, 3.05) is 17.7 Å². The van der Waals surface area contributed by atoms with Crippen LogP contribution < -0.4 is 20.9 Å². The Labute approximate surface area is 229 Å². The molecule has 3 heterocycles. The molecular formula is C31H25N5O4. The summed E-state index contributed by atoms with van der Waals surface area (Å²) in [5.41, 5.74) is 3.40. The van der Waals surface area contributed by atoms with E-state index in [1.165, 1.54) is 10.6 Å². The van der Waals surface area contributed by atoms with E-state index in [1.807, 2.05) is 42.5 Å². The Balaban J connectivity index is 1.27. The highest BCUT2D eigenvalue weighted by Crippen LogP contribution is 2.28. The van der Waals surface area contributed by atoms with Crippen LogP contribution in [-0.4, -0.2) is 33.3 Å². The van der Waals surface area contributed by atoms with Gasteiger partial charge in [0.25, 0.3) is 11.5 Å².